The highest BCUT2D eigenvalue weighted by molar-refractivity contribution is 5.14. The molecule has 0 spiro atoms. The van der Waals surface area contributed by atoms with Gasteiger partial charge in [0.05, 0.1) is 23.2 Å². The fourth-order valence-corrected chi connectivity index (χ4v) is 1.93. The van der Waals surface area contributed by atoms with Crippen LogP contribution in [0.3, 0.4) is 0 Å². The lowest BCUT2D eigenvalue weighted by Crippen LogP contribution is -2.52. The van der Waals surface area contributed by atoms with Crippen LogP contribution < -0.4 is 10.1 Å². The Morgan fingerprint density at radius 2 is 2.22 bits per heavy atom. The van der Waals surface area contributed by atoms with Crippen LogP contribution in [0.5, 0.6) is 5.88 Å². The van der Waals surface area contributed by atoms with Gasteiger partial charge in [-0.05, 0) is 27.7 Å². The third-order valence-corrected chi connectivity index (χ3v) is 3.00. The predicted molar refractivity (Wildman–Crippen MR) is 68.8 cm³/mol. The molecule has 100 valence electrons. The Hall–Kier alpha value is -1.20. The third kappa shape index (κ3) is 3.40. The Morgan fingerprint density at radius 3 is 2.89 bits per heavy atom. The van der Waals surface area contributed by atoms with Crippen LogP contribution >= 0.6 is 0 Å². The van der Waals surface area contributed by atoms with Crippen LogP contribution in [-0.4, -0.2) is 41.4 Å². The maximum Gasteiger partial charge on any atom is 0.232 e. The van der Waals surface area contributed by atoms with Gasteiger partial charge in [-0.1, -0.05) is 0 Å². The second-order valence-electron chi connectivity index (χ2n) is 5.32. The maximum absolute atomic E-state index is 5.91. The summed E-state index contributed by atoms with van der Waals surface area (Å²) in [6, 6.07) is 0. The van der Waals surface area contributed by atoms with E-state index in [1.807, 2.05) is 13.8 Å². The van der Waals surface area contributed by atoms with Crippen molar-refractivity contribution in [2.45, 2.75) is 39.4 Å². The lowest BCUT2D eigenvalue weighted by Gasteiger charge is -2.36. The molecule has 1 fully saturated rings. The molecule has 1 aromatic heterocycles. The van der Waals surface area contributed by atoms with Crippen LogP contribution in [0.25, 0.3) is 0 Å². The smallest absolute Gasteiger partial charge is 0.232 e. The molecule has 1 saturated heterocycles. The summed E-state index contributed by atoms with van der Waals surface area (Å²) in [5.41, 5.74) is 1.69. The minimum absolute atomic E-state index is 0.0529. The summed E-state index contributed by atoms with van der Waals surface area (Å²) in [5, 5.41) is 3.34. The molecule has 5 heteroatoms. The summed E-state index contributed by atoms with van der Waals surface area (Å²) in [6.45, 7) is 10.2. The van der Waals surface area contributed by atoms with E-state index in [4.69, 9.17) is 9.47 Å². The molecule has 18 heavy (non-hydrogen) atoms. The van der Waals surface area contributed by atoms with E-state index in [2.05, 4.69) is 29.1 Å². The number of aromatic nitrogens is 2. The number of rotatable bonds is 3. The van der Waals surface area contributed by atoms with Crippen molar-refractivity contribution >= 4 is 0 Å². The van der Waals surface area contributed by atoms with Crippen molar-refractivity contribution < 1.29 is 9.47 Å². The quantitative estimate of drug-likeness (QED) is 0.876. The van der Waals surface area contributed by atoms with Gasteiger partial charge in [0, 0.05) is 13.1 Å². The van der Waals surface area contributed by atoms with Crippen molar-refractivity contribution in [1.82, 2.24) is 15.3 Å². The van der Waals surface area contributed by atoms with Crippen molar-refractivity contribution in [3.8, 4) is 5.88 Å². The van der Waals surface area contributed by atoms with E-state index >= 15 is 0 Å². The second-order valence-corrected chi connectivity index (χ2v) is 5.32. The Balaban J connectivity index is 1.89. The molecule has 0 aromatic carbocycles. The van der Waals surface area contributed by atoms with Crippen LogP contribution in [0.2, 0.25) is 0 Å². The number of hydrogen-bond donors (Lipinski definition) is 1. The Morgan fingerprint density at radius 1 is 1.44 bits per heavy atom. The zero-order valence-electron chi connectivity index (χ0n) is 11.5. The summed E-state index contributed by atoms with van der Waals surface area (Å²) < 4.78 is 11.5. The minimum Gasteiger partial charge on any atom is -0.474 e. The topological polar surface area (TPSA) is 56.3 Å². The van der Waals surface area contributed by atoms with E-state index in [9.17, 15) is 0 Å². The molecule has 2 rings (SSSR count). The number of ether oxygens (including phenoxy) is 2. The lowest BCUT2D eigenvalue weighted by molar-refractivity contribution is -0.107. The molecule has 1 aliphatic rings. The molecule has 1 aromatic rings. The average Bonchev–Trinajstić information content (AvgIpc) is 2.29. The Labute approximate surface area is 108 Å². The molecule has 1 atom stereocenters. The van der Waals surface area contributed by atoms with Crippen LogP contribution in [0.4, 0.5) is 0 Å². The first kappa shape index (κ1) is 13.2. The van der Waals surface area contributed by atoms with Gasteiger partial charge in [-0.25, -0.2) is 4.98 Å². The number of hydrogen-bond acceptors (Lipinski definition) is 5. The second kappa shape index (κ2) is 5.20. The molecule has 0 radical (unpaired) electrons. The summed E-state index contributed by atoms with van der Waals surface area (Å²) in [6.07, 6.45) is 1.71. The first-order valence-corrected chi connectivity index (χ1v) is 6.28. The molecule has 0 amide bonds. The maximum atomic E-state index is 5.91. The fourth-order valence-electron chi connectivity index (χ4n) is 1.93. The number of nitrogens with one attached hydrogen (secondary N) is 1. The van der Waals surface area contributed by atoms with E-state index in [0.717, 1.165) is 24.5 Å². The average molecular weight is 251 g/mol. The molecule has 5 nitrogen and oxygen atoms in total. The van der Waals surface area contributed by atoms with Gasteiger partial charge in [0.2, 0.25) is 5.88 Å². The lowest BCUT2D eigenvalue weighted by atomic mass is 10.1. The van der Waals surface area contributed by atoms with Crippen molar-refractivity contribution in [2.24, 2.45) is 0 Å². The molecule has 1 aliphatic heterocycles. The van der Waals surface area contributed by atoms with Gasteiger partial charge in [-0.2, -0.15) is 0 Å². The monoisotopic (exact) mass is 251 g/mol. The summed E-state index contributed by atoms with van der Waals surface area (Å²) in [4.78, 5) is 8.56. The van der Waals surface area contributed by atoms with Crippen LogP contribution in [0.1, 0.15) is 25.2 Å². The SMILES string of the molecule is Cc1ncc(OCC2CNCC(C)(C)O2)nc1C. The van der Waals surface area contributed by atoms with E-state index in [0.29, 0.717) is 12.5 Å². The molecular formula is C13H21N3O2. The van der Waals surface area contributed by atoms with E-state index < -0.39 is 0 Å². The van der Waals surface area contributed by atoms with Crippen molar-refractivity contribution in [1.29, 1.82) is 0 Å². The zero-order chi connectivity index (χ0) is 13.2. The van der Waals surface area contributed by atoms with E-state index in [-0.39, 0.29) is 11.7 Å². The molecule has 1 unspecified atom stereocenters. The van der Waals surface area contributed by atoms with Gasteiger partial charge in [0.15, 0.2) is 0 Å². The van der Waals surface area contributed by atoms with Crippen LogP contribution in [0, 0.1) is 13.8 Å². The van der Waals surface area contributed by atoms with Crippen molar-refractivity contribution in [3.63, 3.8) is 0 Å². The predicted octanol–water partition coefficient (Wildman–Crippen LogP) is 1.24. The molecule has 0 bridgehead atoms. The van der Waals surface area contributed by atoms with Gasteiger partial charge < -0.3 is 14.8 Å². The molecule has 2 heterocycles. The Bertz CT molecular complexity index is 421. The number of morpholine rings is 1. The third-order valence-electron chi connectivity index (χ3n) is 3.00. The fraction of sp³-hybridized carbons (Fsp3) is 0.692. The van der Waals surface area contributed by atoms with Gasteiger partial charge in [0.25, 0.3) is 0 Å². The summed E-state index contributed by atoms with van der Waals surface area (Å²) >= 11 is 0. The first-order chi connectivity index (χ1) is 8.46. The highest BCUT2D eigenvalue weighted by atomic mass is 16.6. The standard InChI is InChI=1S/C13H21N3O2/c1-9-10(2)16-12(6-15-9)17-7-11-5-14-8-13(3,4)18-11/h6,11,14H,5,7-8H2,1-4H3. The van der Waals surface area contributed by atoms with E-state index in [1.165, 1.54) is 0 Å². The van der Waals surface area contributed by atoms with Crippen molar-refractivity contribution in [2.75, 3.05) is 19.7 Å². The summed E-state index contributed by atoms with van der Waals surface area (Å²) in [5.74, 6) is 0.560. The van der Waals surface area contributed by atoms with Crippen molar-refractivity contribution in [3.05, 3.63) is 17.6 Å². The highest BCUT2D eigenvalue weighted by Gasteiger charge is 2.28. The Kier molecular flexibility index (Phi) is 3.82. The minimum atomic E-state index is -0.138. The van der Waals surface area contributed by atoms with Gasteiger partial charge in [-0.3, -0.25) is 4.98 Å². The first-order valence-electron chi connectivity index (χ1n) is 6.28. The number of nitrogens with zero attached hydrogens (tertiary/aromatic N) is 2. The van der Waals surface area contributed by atoms with Gasteiger partial charge in [0.1, 0.15) is 12.7 Å². The molecule has 0 aliphatic carbocycles. The zero-order valence-corrected chi connectivity index (χ0v) is 11.5. The highest BCUT2D eigenvalue weighted by Crippen LogP contribution is 2.16. The molecule has 1 N–H and O–H groups in total. The van der Waals surface area contributed by atoms with Crippen LogP contribution in [-0.2, 0) is 4.74 Å². The van der Waals surface area contributed by atoms with E-state index in [1.54, 1.807) is 6.20 Å². The van der Waals surface area contributed by atoms with Crippen LogP contribution in [0.15, 0.2) is 6.20 Å². The normalized spacial score (nSPS) is 22.8. The largest absolute Gasteiger partial charge is 0.474 e. The van der Waals surface area contributed by atoms with Gasteiger partial charge in [-0.15, -0.1) is 0 Å². The molecular weight excluding hydrogens is 230 g/mol. The van der Waals surface area contributed by atoms with Gasteiger partial charge >= 0.3 is 0 Å². The summed E-state index contributed by atoms with van der Waals surface area (Å²) in [7, 11) is 0. The molecule has 0 saturated carbocycles. The number of aryl methyl sites for hydroxylation is 2.